The molecule has 1 aliphatic rings. The molecule has 2 rings (SSSR count). The molecule has 2 heterocycles. The average Bonchev–Trinajstić information content (AvgIpc) is 2.91. The molecule has 5 heteroatoms. The van der Waals surface area contributed by atoms with Crippen molar-refractivity contribution in [1.82, 2.24) is 10.3 Å². The highest BCUT2D eigenvalue weighted by atomic mass is 16.1. The molecule has 5 nitrogen and oxygen atoms in total. The summed E-state index contributed by atoms with van der Waals surface area (Å²) in [5.41, 5.74) is 1.14. The van der Waals surface area contributed by atoms with E-state index in [2.05, 4.69) is 20.5 Å². The number of carbonyl (C=O) groups excluding carboxylic acids is 1. The van der Waals surface area contributed by atoms with Gasteiger partial charge in [0.15, 0.2) is 0 Å². The zero-order valence-corrected chi connectivity index (χ0v) is 10.8. The zero-order valence-electron chi connectivity index (χ0n) is 10.8. The predicted molar refractivity (Wildman–Crippen MR) is 72.9 cm³/mol. The number of nitrogens with one attached hydrogen (secondary N) is 2. The maximum atomic E-state index is 11.5. The van der Waals surface area contributed by atoms with Crippen LogP contribution in [0.5, 0.6) is 0 Å². The third-order valence-electron chi connectivity index (χ3n) is 3.09. The summed E-state index contributed by atoms with van der Waals surface area (Å²) in [5.74, 6) is 0.616. The molecule has 18 heavy (non-hydrogen) atoms. The Hall–Kier alpha value is -1.62. The lowest BCUT2D eigenvalue weighted by molar-refractivity contribution is -0.116. The highest BCUT2D eigenvalue weighted by molar-refractivity contribution is 5.89. The van der Waals surface area contributed by atoms with Crippen molar-refractivity contribution < 1.29 is 4.79 Å². The van der Waals surface area contributed by atoms with Gasteiger partial charge in [-0.25, -0.2) is 4.98 Å². The van der Waals surface area contributed by atoms with E-state index in [1.165, 1.54) is 12.8 Å². The van der Waals surface area contributed by atoms with Gasteiger partial charge in [0.2, 0.25) is 5.91 Å². The minimum Gasteiger partial charge on any atom is -0.370 e. The number of anilines is 2. The highest BCUT2D eigenvalue weighted by Crippen LogP contribution is 2.20. The first-order chi connectivity index (χ1) is 8.79. The molecule has 0 aliphatic carbocycles. The topological polar surface area (TPSA) is 57.3 Å². The van der Waals surface area contributed by atoms with Gasteiger partial charge in [0.25, 0.3) is 0 Å². The smallest absolute Gasteiger partial charge is 0.226 e. The van der Waals surface area contributed by atoms with Crippen LogP contribution in [0, 0.1) is 0 Å². The monoisotopic (exact) mass is 248 g/mol. The fourth-order valence-corrected chi connectivity index (χ4v) is 2.07. The summed E-state index contributed by atoms with van der Waals surface area (Å²) in [4.78, 5) is 18.1. The predicted octanol–water partition coefficient (Wildman–Crippen LogP) is 1.23. The Morgan fingerprint density at radius 1 is 1.39 bits per heavy atom. The molecule has 1 fully saturated rings. The molecular weight excluding hydrogens is 228 g/mol. The summed E-state index contributed by atoms with van der Waals surface area (Å²) in [6.45, 7) is 2.89. The standard InChI is InChI=1S/C13H20N4O/c1-14-7-6-13(18)16-12-5-4-11(10-15-12)17-8-2-3-9-17/h4-5,10,14H,2-3,6-9H2,1H3,(H,15,16,18). The van der Waals surface area contributed by atoms with Crippen LogP contribution >= 0.6 is 0 Å². The van der Waals surface area contributed by atoms with Crippen LogP contribution in [-0.2, 0) is 4.79 Å². The van der Waals surface area contributed by atoms with Crippen LogP contribution in [0.4, 0.5) is 11.5 Å². The number of amides is 1. The van der Waals surface area contributed by atoms with Crippen molar-refractivity contribution in [3.63, 3.8) is 0 Å². The Morgan fingerprint density at radius 3 is 2.78 bits per heavy atom. The van der Waals surface area contributed by atoms with Crippen molar-refractivity contribution in [3.8, 4) is 0 Å². The van der Waals surface area contributed by atoms with Gasteiger partial charge in [0.05, 0.1) is 11.9 Å². The summed E-state index contributed by atoms with van der Waals surface area (Å²) in [7, 11) is 1.83. The van der Waals surface area contributed by atoms with Gasteiger partial charge in [-0.3, -0.25) is 4.79 Å². The van der Waals surface area contributed by atoms with Crippen molar-refractivity contribution in [2.45, 2.75) is 19.3 Å². The van der Waals surface area contributed by atoms with E-state index >= 15 is 0 Å². The Balaban J connectivity index is 1.88. The molecule has 0 bridgehead atoms. The molecule has 0 spiro atoms. The van der Waals surface area contributed by atoms with E-state index in [1.54, 1.807) is 0 Å². The van der Waals surface area contributed by atoms with Crippen molar-refractivity contribution in [2.75, 3.05) is 36.9 Å². The van der Waals surface area contributed by atoms with Gasteiger partial charge < -0.3 is 15.5 Å². The van der Waals surface area contributed by atoms with E-state index < -0.39 is 0 Å². The molecule has 0 atom stereocenters. The van der Waals surface area contributed by atoms with Crippen molar-refractivity contribution in [3.05, 3.63) is 18.3 Å². The van der Waals surface area contributed by atoms with Gasteiger partial charge in [-0.1, -0.05) is 0 Å². The molecule has 98 valence electrons. The average molecular weight is 248 g/mol. The molecule has 0 aromatic carbocycles. The van der Waals surface area contributed by atoms with E-state index in [9.17, 15) is 4.79 Å². The molecular formula is C13H20N4O. The first kappa shape index (κ1) is 12.8. The fraction of sp³-hybridized carbons (Fsp3) is 0.538. The number of carbonyl (C=O) groups is 1. The third kappa shape index (κ3) is 3.43. The number of aromatic nitrogens is 1. The van der Waals surface area contributed by atoms with Crippen LogP contribution in [-0.4, -0.2) is 37.6 Å². The second-order valence-corrected chi connectivity index (χ2v) is 4.50. The molecule has 1 saturated heterocycles. The SMILES string of the molecule is CNCCC(=O)Nc1ccc(N2CCCC2)cn1. The molecule has 1 aromatic rings. The van der Waals surface area contributed by atoms with Gasteiger partial charge in [-0.2, -0.15) is 0 Å². The van der Waals surface area contributed by atoms with Gasteiger partial charge >= 0.3 is 0 Å². The lowest BCUT2D eigenvalue weighted by Gasteiger charge is -2.17. The summed E-state index contributed by atoms with van der Waals surface area (Å²) in [6, 6.07) is 3.89. The van der Waals surface area contributed by atoms with Crippen LogP contribution in [0.25, 0.3) is 0 Å². The van der Waals surface area contributed by atoms with E-state index in [0.717, 1.165) is 18.8 Å². The summed E-state index contributed by atoms with van der Waals surface area (Å²) in [6.07, 6.45) is 4.80. The van der Waals surface area contributed by atoms with Crippen molar-refractivity contribution >= 4 is 17.4 Å². The van der Waals surface area contributed by atoms with E-state index in [-0.39, 0.29) is 5.91 Å². The normalized spacial score (nSPS) is 14.8. The van der Waals surface area contributed by atoms with Gasteiger partial charge in [0.1, 0.15) is 5.82 Å². The lowest BCUT2D eigenvalue weighted by atomic mass is 10.3. The first-order valence-electron chi connectivity index (χ1n) is 6.45. The van der Waals surface area contributed by atoms with E-state index in [4.69, 9.17) is 0 Å². The number of nitrogens with zero attached hydrogens (tertiary/aromatic N) is 2. The van der Waals surface area contributed by atoms with Gasteiger partial charge in [0, 0.05) is 26.1 Å². The first-order valence-corrected chi connectivity index (χ1v) is 6.45. The van der Waals surface area contributed by atoms with Crippen LogP contribution in [0.3, 0.4) is 0 Å². The molecule has 1 aromatic heterocycles. The summed E-state index contributed by atoms with van der Waals surface area (Å²) < 4.78 is 0. The minimum absolute atomic E-state index is 0.00854. The molecule has 1 amide bonds. The highest BCUT2D eigenvalue weighted by Gasteiger charge is 2.12. The number of hydrogen-bond acceptors (Lipinski definition) is 4. The largest absolute Gasteiger partial charge is 0.370 e. The molecule has 1 aliphatic heterocycles. The third-order valence-corrected chi connectivity index (χ3v) is 3.09. The summed E-state index contributed by atoms with van der Waals surface area (Å²) in [5, 5.41) is 5.73. The Morgan fingerprint density at radius 2 is 2.17 bits per heavy atom. The Kier molecular flexibility index (Phi) is 4.52. The molecule has 0 unspecified atom stereocenters. The van der Waals surface area contributed by atoms with Crippen LogP contribution in [0.15, 0.2) is 18.3 Å². The zero-order chi connectivity index (χ0) is 12.8. The van der Waals surface area contributed by atoms with Crippen LogP contribution in [0.1, 0.15) is 19.3 Å². The molecule has 0 saturated carbocycles. The summed E-state index contributed by atoms with van der Waals surface area (Å²) >= 11 is 0. The molecule has 0 radical (unpaired) electrons. The van der Waals surface area contributed by atoms with Crippen LogP contribution < -0.4 is 15.5 Å². The quantitative estimate of drug-likeness (QED) is 0.823. The van der Waals surface area contributed by atoms with E-state index in [0.29, 0.717) is 18.8 Å². The number of rotatable bonds is 5. The fourth-order valence-electron chi connectivity index (χ4n) is 2.07. The van der Waals surface area contributed by atoms with E-state index in [1.807, 2.05) is 25.4 Å². The Bertz CT molecular complexity index is 384. The molecule has 2 N–H and O–H groups in total. The van der Waals surface area contributed by atoms with Crippen molar-refractivity contribution in [1.29, 1.82) is 0 Å². The lowest BCUT2D eigenvalue weighted by Crippen LogP contribution is -2.20. The maximum Gasteiger partial charge on any atom is 0.226 e. The Labute approximate surface area is 108 Å². The number of hydrogen-bond donors (Lipinski definition) is 2. The maximum absolute atomic E-state index is 11.5. The van der Waals surface area contributed by atoms with Gasteiger partial charge in [-0.05, 0) is 32.0 Å². The van der Waals surface area contributed by atoms with Crippen molar-refractivity contribution in [2.24, 2.45) is 0 Å². The van der Waals surface area contributed by atoms with Crippen LogP contribution in [0.2, 0.25) is 0 Å². The van der Waals surface area contributed by atoms with Gasteiger partial charge in [-0.15, -0.1) is 0 Å². The minimum atomic E-state index is -0.00854. The second-order valence-electron chi connectivity index (χ2n) is 4.50. The number of pyridine rings is 1. The second kappa shape index (κ2) is 6.35.